The summed E-state index contributed by atoms with van der Waals surface area (Å²) in [4.78, 5) is 59.9. The van der Waals surface area contributed by atoms with Crippen LogP contribution < -0.4 is 20.3 Å². The number of hydrogen-bond acceptors (Lipinski definition) is 14. The van der Waals surface area contributed by atoms with E-state index in [9.17, 15) is 34.1 Å². The summed E-state index contributed by atoms with van der Waals surface area (Å²) in [5.41, 5.74) is 1.03. The summed E-state index contributed by atoms with van der Waals surface area (Å²) in [6, 6.07) is 6.45. The predicted octanol–water partition coefficient (Wildman–Crippen LogP) is 6.22. The van der Waals surface area contributed by atoms with Crippen molar-refractivity contribution < 1.29 is 48.4 Å². The van der Waals surface area contributed by atoms with E-state index in [-0.39, 0.29) is 68.7 Å². The zero-order valence-electron chi connectivity index (χ0n) is 40.3. The van der Waals surface area contributed by atoms with Gasteiger partial charge in [0.25, 0.3) is 11.7 Å². The standard InChI is InChI=1S/C52H67FN6O9/c1-30(2)29-57-23-19-52(20-24-57)55-42-39-40-46(62)34(6)48-41(39)49(64)51(7,67-48)66-27-9-8-14-37(68-59-22-11-21-58(25-26-59)36-17-15-35(53)16-18-36)28-38(60)33(5)45(61)31(3)12-10-13-32(4)50(65)54-44(47(40)63)43(42)56-52/h9-10,12-13,15-18,27,30-31,33,37-38,45,56,60-62H,8,11,14,19-26,28-29H2,1-7H3,(H,54,65)/b12-10+,27-9+,32-13-/t31?,33-,37+,38?,45-,51?/m0/s1. The van der Waals surface area contributed by atoms with Gasteiger partial charge < -0.3 is 45.2 Å². The molecular weight excluding hydrogens is 872 g/mol. The molecule has 6 heterocycles. The molecule has 6 aliphatic heterocycles. The van der Waals surface area contributed by atoms with Gasteiger partial charge in [0.05, 0.1) is 47.1 Å². The van der Waals surface area contributed by atoms with Gasteiger partial charge in [0.1, 0.15) is 28.7 Å². The van der Waals surface area contributed by atoms with Crippen LogP contribution in [0.25, 0.3) is 0 Å². The highest BCUT2D eigenvalue weighted by Gasteiger charge is 2.54. The number of carbonyl (C=O) groups is 3. The number of aliphatic hydroxyl groups is 2. The minimum Gasteiger partial charge on any atom is -0.507 e. The smallest absolute Gasteiger partial charge is 0.312 e. The van der Waals surface area contributed by atoms with Crippen molar-refractivity contribution in [3.8, 4) is 11.5 Å². The van der Waals surface area contributed by atoms with Crippen molar-refractivity contribution >= 4 is 28.9 Å². The Morgan fingerprint density at radius 3 is 2.43 bits per heavy atom. The van der Waals surface area contributed by atoms with Crippen LogP contribution in [0.15, 0.2) is 76.8 Å². The Hall–Kier alpha value is -5.39. The second-order valence-electron chi connectivity index (χ2n) is 19.9. The van der Waals surface area contributed by atoms with E-state index in [1.807, 2.05) is 12.0 Å². The van der Waals surface area contributed by atoms with Crippen molar-refractivity contribution in [2.45, 2.75) is 117 Å². The highest BCUT2D eigenvalue weighted by Crippen LogP contribution is 2.50. The minimum atomic E-state index is -1.88. The molecule has 5 bridgehead atoms. The number of fused-ring (bicyclic) bond motifs is 13. The molecule has 0 saturated carbocycles. The number of likely N-dealkylation sites (tertiary alicyclic amines) is 1. The van der Waals surface area contributed by atoms with E-state index in [0.717, 1.165) is 38.3 Å². The molecule has 1 spiro atoms. The topological polar surface area (TPSA) is 186 Å². The summed E-state index contributed by atoms with van der Waals surface area (Å²) in [6.07, 6.45) is 8.91. The first kappa shape index (κ1) is 49.0. The van der Waals surface area contributed by atoms with Crippen LogP contribution in [0.2, 0.25) is 0 Å². The number of rotatable bonds is 5. The van der Waals surface area contributed by atoms with Crippen molar-refractivity contribution in [3.63, 3.8) is 0 Å². The third-order valence-electron chi connectivity index (χ3n) is 14.3. The van der Waals surface area contributed by atoms with Crippen LogP contribution in [0.5, 0.6) is 11.5 Å². The fourth-order valence-electron chi connectivity index (χ4n) is 10.2. The number of halogens is 1. The summed E-state index contributed by atoms with van der Waals surface area (Å²) >= 11 is 0. The number of anilines is 1. The molecule has 7 aliphatic rings. The third-order valence-corrected chi connectivity index (χ3v) is 14.3. The fraction of sp³-hybridized carbons (Fsp3) is 0.538. The number of allylic oxidation sites excluding steroid dienone is 5. The Balaban J connectivity index is 1.11. The summed E-state index contributed by atoms with van der Waals surface area (Å²) in [6.45, 7) is 17.6. The second kappa shape index (κ2) is 19.9. The van der Waals surface area contributed by atoms with Crippen LogP contribution in [0.4, 0.5) is 10.1 Å². The van der Waals surface area contributed by atoms with Gasteiger partial charge in [-0.2, -0.15) is 5.06 Å². The Morgan fingerprint density at radius 2 is 1.71 bits per heavy atom. The number of phenols is 1. The molecule has 2 fully saturated rings. The van der Waals surface area contributed by atoms with E-state index in [0.29, 0.717) is 51.2 Å². The van der Waals surface area contributed by atoms with E-state index in [2.05, 4.69) is 34.3 Å². The van der Waals surface area contributed by atoms with Crippen LogP contribution >= 0.6 is 0 Å². The van der Waals surface area contributed by atoms with Crippen molar-refractivity contribution in [3.05, 3.63) is 99.9 Å². The highest BCUT2D eigenvalue weighted by molar-refractivity contribution is 6.34. The number of nitrogens with one attached hydrogen (secondary N) is 2. The van der Waals surface area contributed by atoms with Gasteiger partial charge in [-0.25, -0.2) is 4.39 Å². The quantitative estimate of drug-likeness (QED) is 0.228. The van der Waals surface area contributed by atoms with E-state index in [1.54, 1.807) is 57.2 Å². The maximum Gasteiger partial charge on any atom is 0.312 e. The Labute approximate surface area is 398 Å². The molecule has 5 N–H and O–H groups in total. The summed E-state index contributed by atoms with van der Waals surface area (Å²) in [7, 11) is 0. The zero-order chi connectivity index (χ0) is 48.7. The number of piperidine rings is 1. The lowest BCUT2D eigenvalue weighted by Crippen LogP contribution is -2.50. The molecular formula is C52H67FN6O9. The molecule has 1 amide bonds. The summed E-state index contributed by atoms with van der Waals surface area (Å²) in [5, 5.41) is 43.2. The molecule has 3 unspecified atom stereocenters. The van der Waals surface area contributed by atoms with Gasteiger partial charge in [-0.05, 0) is 69.4 Å². The van der Waals surface area contributed by atoms with Gasteiger partial charge in [-0.3, -0.25) is 24.2 Å². The SMILES string of the molecule is C/C1=C/C=C/C(C)[C@H](O)[C@@H](C)C(O)C[C@H](ON2CCCN(c3ccc(F)cc3)CC2)CC/C=C/OC2(C)Oc3c(C)c(O)c4c(c3C2=O)C2=NC3(CCN(CC(C)C)CC3)NC2=C(NC1=O)C4=O. The number of phenolic OH excluding ortho intramolecular Hbond substituents is 1. The zero-order valence-corrected chi connectivity index (χ0v) is 40.3. The Morgan fingerprint density at radius 1 is 0.971 bits per heavy atom. The molecule has 15 nitrogen and oxygen atoms in total. The van der Waals surface area contributed by atoms with Crippen molar-refractivity contribution in [1.29, 1.82) is 0 Å². The van der Waals surface area contributed by atoms with Gasteiger partial charge >= 0.3 is 5.79 Å². The fourth-order valence-corrected chi connectivity index (χ4v) is 10.2. The lowest BCUT2D eigenvalue weighted by atomic mass is 9.82. The number of amides is 1. The lowest BCUT2D eigenvalue weighted by Gasteiger charge is -2.38. The number of aliphatic imine (C=N–C) groups is 1. The molecule has 1 aliphatic carbocycles. The van der Waals surface area contributed by atoms with Gasteiger partial charge in [-0.15, -0.1) is 0 Å². The van der Waals surface area contributed by atoms with Gasteiger partial charge in [0.2, 0.25) is 5.78 Å². The number of hydroxylamine groups is 2. The maximum atomic E-state index is 14.8. The molecule has 2 aromatic rings. The molecule has 16 heteroatoms. The van der Waals surface area contributed by atoms with Crippen molar-refractivity contribution in [2.75, 3.05) is 50.7 Å². The Bertz CT molecular complexity index is 2440. The van der Waals surface area contributed by atoms with Crippen LogP contribution in [-0.4, -0.2) is 124 Å². The number of aromatic hydroxyl groups is 1. The molecule has 0 radical (unpaired) electrons. The second-order valence-corrected chi connectivity index (χ2v) is 19.9. The number of hydrogen-bond donors (Lipinski definition) is 5. The van der Waals surface area contributed by atoms with Crippen LogP contribution in [0, 0.1) is 30.5 Å². The summed E-state index contributed by atoms with van der Waals surface area (Å²) in [5.74, 6) is -4.79. The minimum absolute atomic E-state index is 0.0660. The molecule has 2 aromatic carbocycles. The molecule has 366 valence electrons. The molecule has 68 heavy (non-hydrogen) atoms. The number of ketones is 2. The van der Waals surface area contributed by atoms with Crippen molar-refractivity contribution in [1.82, 2.24) is 20.6 Å². The average molecular weight is 939 g/mol. The lowest BCUT2D eigenvalue weighted by molar-refractivity contribution is -0.205. The molecule has 0 aromatic heterocycles. The first-order chi connectivity index (χ1) is 32.4. The summed E-state index contributed by atoms with van der Waals surface area (Å²) < 4.78 is 26.1. The normalized spacial score (nSPS) is 30.2. The number of carbonyl (C=O) groups excluding carboxylic acids is 3. The van der Waals surface area contributed by atoms with E-state index < -0.39 is 59.1 Å². The van der Waals surface area contributed by atoms with Crippen LogP contribution in [0.1, 0.15) is 112 Å². The average Bonchev–Trinajstić information content (AvgIpc) is 3.69. The van der Waals surface area contributed by atoms with E-state index >= 15 is 0 Å². The number of Topliss-reactive ketones (excluding diaryl/α,β-unsaturated/α-hetero) is 2. The first-order valence-electron chi connectivity index (χ1n) is 24.2. The predicted molar refractivity (Wildman–Crippen MR) is 256 cm³/mol. The van der Waals surface area contributed by atoms with Gasteiger partial charge in [0.15, 0.2) is 0 Å². The Kier molecular flexibility index (Phi) is 14.4. The van der Waals surface area contributed by atoms with Crippen LogP contribution in [-0.2, 0) is 14.4 Å². The number of benzene rings is 2. The van der Waals surface area contributed by atoms with E-state index in [1.165, 1.54) is 25.3 Å². The monoisotopic (exact) mass is 938 g/mol. The number of nitrogens with zero attached hydrogens (tertiary/aromatic N) is 4. The van der Waals surface area contributed by atoms with Crippen LogP contribution in [0.3, 0.4) is 0 Å². The maximum absolute atomic E-state index is 14.8. The molecule has 9 rings (SSSR count). The number of aliphatic hydroxyl groups excluding tert-OH is 2. The van der Waals surface area contributed by atoms with Gasteiger partial charge in [0, 0.05) is 106 Å². The van der Waals surface area contributed by atoms with Crippen molar-refractivity contribution in [2.24, 2.45) is 22.7 Å². The number of ether oxygens (including phenoxy) is 2. The molecule has 6 atom stereocenters. The largest absolute Gasteiger partial charge is 0.507 e. The van der Waals surface area contributed by atoms with E-state index in [4.69, 9.17) is 19.3 Å². The highest BCUT2D eigenvalue weighted by atomic mass is 19.1. The third kappa shape index (κ3) is 9.88. The molecule has 2 saturated heterocycles. The first-order valence-corrected chi connectivity index (χ1v) is 24.2. The van der Waals surface area contributed by atoms with Gasteiger partial charge in [-0.1, -0.05) is 45.9 Å².